The maximum atomic E-state index is 12.8. The van der Waals surface area contributed by atoms with Gasteiger partial charge >= 0.3 is 5.63 Å². The minimum absolute atomic E-state index is 0.0628. The van der Waals surface area contributed by atoms with E-state index in [4.69, 9.17) is 4.42 Å². The van der Waals surface area contributed by atoms with E-state index in [0.29, 0.717) is 17.7 Å². The molecule has 26 heavy (non-hydrogen) atoms. The van der Waals surface area contributed by atoms with E-state index in [1.807, 2.05) is 60.7 Å². The second-order valence-corrected chi connectivity index (χ2v) is 7.05. The second kappa shape index (κ2) is 6.83. The molecule has 132 valence electrons. The molecule has 3 nitrogen and oxygen atoms in total. The van der Waals surface area contributed by atoms with Crippen molar-refractivity contribution in [2.24, 2.45) is 0 Å². The Bertz CT molecular complexity index is 938. The van der Waals surface area contributed by atoms with Crippen molar-refractivity contribution < 1.29 is 9.52 Å². The highest BCUT2D eigenvalue weighted by molar-refractivity contribution is 5.47. The van der Waals surface area contributed by atoms with E-state index in [1.165, 1.54) is 5.56 Å². The Hall–Kier alpha value is -2.81. The van der Waals surface area contributed by atoms with Crippen LogP contribution in [0.15, 0.2) is 75.9 Å². The largest absolute Gasteiger partial charge is 0.507 e. The van der Waals surface area contributed by atoms with Crippen molar-refractivity contribution >= 4 is 0 Å². The maximum Gasteiger partial charge on any atom is 0.343 e. The SMILES string of the molecule is O=c1oc(CCc2ccccc2)cc(O)c1C1(c2ccccc2)CCC1. The van der Waals surface area contributed by atoms with Gasteiger partial charge in [0.05, 0.1) is 5.56 Å². The molecule has 4 rings (SSSR count). The quantitative estimate of drug-likeness (QED) is 0.734. The molecule has 1 fully saturated rings. The van der Waals surface area contributed by atoms with Crippen LogP contribution >= 0.6 is 0 Å². The molecule has 2 aromatic carbocycles. The van der Waals surface area contributed by atoms with E-state index in [9.17, 15) is 9.90 Å². The molecule has 0 radical (unpaired) electrons. The number of benzene rings is 2. The summed E-state index contributed by atoms with van der Waals surface area (Å²) >= 11 is 0. The normalized spacial score (nSPS) is 15.4. The summed E-state index contributed by atoms with van der Waals surface area (Å²) < 4.78 is 5.60. The molecule has 3 aromatic rings. The minimum Gasteiger partial charge on any atom is -0.507 e. The summed E-state index contributed by atoms with van der Waals surface area (Å²) in [6, 6.07) is 21.7. The van der Waals surface area contributed by atoms with E-state index in [-0.39, 0.29) is 5.75 Å². The number of hydrogen-bond donors (Lipinski definition) is 1. The molecular weight excluding hydrogens is 324 g/mol. The average molecular weight is 346 g/mol. The third kappa shape index (κ3) is 2.94. The maximum absolute atomic E-state index is 12.8. The Kier molecular flexibility index (Phi) is 4.37. The summed E-state index contributed by atoms with van der Waals surface area (Å²) in [6.07, 6.45) is 4.12. The molecule has 0 atom stereocenters. The molecule has 0 unspecified atom stereocenters. The minimum atomic E-state index is -0.413. The predicted octanol–water partition coefficient (Wildman–Crippen LogP) is 4.60. The molecule has 1 saturated carbocycles. The van der Waals surface area contributed by atoms with E-state index in [2.05, 4.69) is 0 Å². The lowest BCUT2D eigenvalue weighted by molar-refractivity contribution is 0.274. The van der Waals surface area contributed by atoms with E-state index in [1.54, 1.807) is 6.07 Å². The first kappa shape index (κ1) is 16.6. The zero-order valence-electron chi connectivity index (χ0n) is 14.7. The van der Waals surface area contributed by atoms with Crippen LogP contribution in [0.25, 0.3) is 0 Å². The first-order valence-corrected chi connectivity index (χ1v) is 9.15. The molecule has 3 heteroatoms. The van der Waals surface area contributed by atoms with Crippen molar-refractivity contribution in [3.8, 4) is 5.75 Å². The fourth-order valence-corrected chi connectivity index (χ4v) is 3.98. The van der Waals surface area contributed by atoms with Crippen LogP contribution in [0.3, 0.4) is 0 Å². The average Bonchev–Trinajstić information content (AvgIpc) is 2.63. The summed E-state index contributed by atoms with van der Waals surface area (Å²) in [5.41, 5.74) is 1.85. The fourth-order valence-electron chi connectivity index (χ4n) is 3.98. The van der Waals surface area contributed by atoms with Crippen LogP contribution < -0.4 is 5.63 Å². The highest BCUT2D eigenvalue weighted by atomic mass is 16.4. The van der Waals surface area contributed by atoms with E-state index >= 15 is 0 Å². The van der Waals surface area contributed by atoms with Gasteiger partial charge in [0.1, 0.15) is 11.5 Å². The fraction of sp³-hybridized carbons (Fsp3) is 0.261. The monoisotopic (exact) mass is 346 g/mol. The van der Waals surface area contributed by atoms with Crippen molar-refractivity contribution in [3.05, 3.63) is 99.6 Å². The molecule has 0 saturated heterocycles. The molecule has 1 heterocycles. The predicted molar refractivity (Wildman–Crippen MR) is 102 cm³/mol. The summed E-state index contributed by atoms with van der Waals surface area (Å²) in [5, 5.41) is 10.7. The zero-order chi connectivity index (χ0) is 18.0. The molecule has 1 aliphatic rings. The topological polar surface area (TPSA) is 50.4 Å². The Morgan fingerprint density at radius 2 is 1.58 bits per heavy atom. The Labute approximate surface area is 152 Å². The summed E-state index contributed by atoms with van der Waals surface area (Å²) in [4.78, 5) is 12.8. The van der Waals surface area contributed by atoms with Crippen LogP contribution in [0.2, 0.25) is 0 Å². The van der Waals surface area contributed by atoms with Gasteiger partial charge in [0, 0.05) is 17.9 Å². The smallest absolute Gasteiger partial charge is 0.343 e. The molecule has 1 aliphatic carbocycles. The molecule has 1 N–H and O–H groups in total. The van der Waals surface area contributed by atoms with Crippen LogP contribution in [-0.4, -0.2) is 5.11 Å². The highest BCUT2D eigenvalue weighted by Gasteiger charge is 2.44. The van der Waals surface area contributed by atoms with Gasteiger partial charge in [-0.15, -0.1) is 0 Å². The zero-order valence-corrected chi connectivity index (χ0v) is 14.7. The van der Waals surface area contributed by atoms with E-state index in [0.717, 1.165) is 31.2 Å². The van der Waals surface area contributed by atoms with Crippen LogP contribution in [0.4, 0.5) is 0 Å². The van der Waals surface area contributed by atoms with Gasteiger partial charge in [-0.2, -0.15) is 0 Å². The lowest BCUT2D eigenvalue weighted by Gasteiger charge is -2.42. The first-order valence-electron chi connectivity index (χ1n) is 9.15. The third-order valence-electron chi connectivity index (χ3n) is 5.50. The Morgan fingerprint density at radius 1 is 0.923 bits per heavy atom. The lowest BCUT2D eigenvalue weighted by atomic mass is 9.60. The summed E-state index contributed by atoms with van der Waals surface area (Å²) in [6.45, 7) is 0. The van der Waals surface area contributed by atoms with Crippen LogP contribution in [0, 0.1) is 0 Å². The van der Waals surface area contributed by atoms with Gasteiger partial charge in [0.2, 0.25) is 0 Å². The molecule has 0 amide bonds. The molecule has 1 aromatic heterocycles. The van der Waals surface area contributed by atoms with Crippen molar-refractivity contribution in [2.75, 3.05) is 0 Å². The van der Waals surface area contributed by atoms with E-state index < -0.39 is 11.0 Å². The van der Waals surface area contributed by atoms with Crippen molar-refractivity contribution in [1.82, 2.24) is 0 Å². The van der Waals surface area contributed by atoms with Crippen LogP contribution in [0.1, 0.15) is 41.7 Å². The van der Waals surface area contributed by atoms with Gasteiger partial charge in [-0.25, -0.2) is 4.79 Å². The highest BCUT2D eigenvalue weighted by Crippen LogP contribution is 2.50. The number of hydrogen-bond acceptors (Lipinski definition) is 3. The molecule has 0 aliphatic heterocycles. The van der Waals surface area contributed by atoms with Crippen molar-refractivity contribution in [1.29, 1.82) is 0 Å². The Balaban J connectivity index is 1.65. The van der Waals surface area contributed by atoms with Crippen molar-refractivity contribution in [2.45, 2.75) is 37.5 Å². The van der Waals surface area contributed by atoms with Crippen molar-refractivity contribution in [3.63, 3.8) is 0 Å². The third-order valence-corrected chi connectivity index (χ3v) is 5.50. The second-order valence-electron chi connectivity index (χ2n) is 7.05. The molecule has 0 bridgehead atoms. The first-order chi connectivity index (χ1) is 12.7. The van der Waals surface area contributed by atoms with Gasteiger partial charge in [-0.05, 0) is 30.4 Å². The molecule has 0 spiro atoms. The van der Waals surface area contributed by atoms with Gasteiger partial charge in [0.15, 0.2) is 0 Å². The number of rotatable bonds is 5. The Morgan fingerprint density at radius 3 is 2.15 bits per heavy atom. The lowest BCUT2D eigenvalue weighted by Crippen LogP contribution is -2.39. The van der Waals surface area contributed by atoms with Gasteiger partial charge in [-0.1, -0.05) is 67.1 Å². The summed E-state index contributed by atoms with van der Waals surface area (Å²) in [7, 11) is 0. The van der Waals surface area contributed by atoms with Crippen LogP contribution in [-0.2, 0) is 18.3 Å². The van der Waals surface area contributed by atoms with Gasteiger partial charge < -0.3 is 9.52 Å². The van der Waals surface area contributed by atoms with Gasteiger partial charge in [-0.3, -0.25) is 0 Å². The van der Waals surface area contributed by atoms with Gasteiger partial charge in [0.25, 0.3) is 0 Å². The summed E-state index contributed by atoms with van der Waals surface area (Å²) in [5.74, 6) is 0.593. The standard InChI is InChI=1S/C23H22O3/c24-20-16-19(13-12-17-8-3-1-4-9-17)26-22(25)21(20)23(14-7-15-23)18-10-5-2-6-11-18/h1-6,8-11,16,24H,7,12-15H2. The molecular formula is C23H22O3. The number of aryl methyl sites for hydroxylation is 2. The van der Waals surface area contributed by atoms with Crippen LogP contribution in [0.5, 0.6) is 5.75 Å². The number of aromatic hydroxyl groups is 1.